The van der Waals surface area contributed by atoms with Crippen molar-refractivity contribution in [2.24, 2.45) is 0 Å². The van der Waals surface area contributed by atoms with Crippen LogP contribution in [0.4, 0.5) is 0 Å². The molecule has 24 heavy (non-hydrogen) atoms. The molecule has 1 saturated heterocycles. The van der Waals surface area contributed by atoms with E-state index in [4.69, 9.17) is 9.31 Å². The predicted octanol–water partition coefficient (Wildman–Crippen LogP) is 2.98. The van der Waals surface area contributed by atoms with Gasteiger partial charge in [-0.3, -0.25) is 9.59 Å². The summed E-state index contributed by atoms with van der Waals surface area (Å²) in [6.45, 7) is 11.4. The van der Waals surface area contributed by atoms with Crippen LogP contribution in [0, 0.1) is 6.92 Å². The molecule has 1 N–H and O–H groups in total. The van der Waals surface area contributed by atoms with Crippen LogP contribution >= 0.6 is 11.8 Å². The summed E-state index contributed by atoms with van der Waals surface area (Å²) in [5.74, 6) is 0.477. The summed E-state index contributed by atoms with van der Waals surface area (Å²) in [7, 11) is -0.520. The molecular weight excluding hydrogens is 325 g/mol. The molecule has 0 radical (unpaired) electrons. The Kier molecular flexibility index (Phi) is 5.47. The lowest BCUT2D eigenvalue weighted by Crippen LogP contribution is -2.41. The highest BCUT2D eigenvalue weighted by Gasteiger charge is 2.52. The molecule has 0 bridgehead atoms. The Labute approximate surface area is 147 Å². The van der Waals surface area contributed by atoms with Crippen molar-refractivity contribution in [3.05, 3.63) is 39.2 Å². The molecular formula is C17H24BNO4S. The molecule has 1 aromatic rings. The fourth-order valence-corrected chi connectivity index (χ4v) is 2.89. The topological polar surface area (TPSA) is 68.4 Å². The molecule has 0 aliphatic carbocycles. The van der Waals surface area contributed by atoms with E-state index in [0.717, 1.165) is 16.6 Å². The quantitative estimate of drug-likeness (QED) is 0.847. The van der Waals surface area contributed by atoms with Gasteiger partial charge in [0.25, 0.3) is 0 Å². The van der Waals surface area contributed by atoms with Gasteiger partial charge in [0.15, 0.2) is 5.12 Å². The molecule has 130 valence electrons. The van der Waals surface area contributed by atoms with Gasteiger partial charge in [0.2, 0.25) is 5.56 Å². The molecule has 0 saturated carbocycles. The molecule has 1 fully saturated rings. The van der Waals surface area contributed by atoms with E-state index in [0.29, 0.717) is 5.75 Å². The van der Waals surface area contributed by atoms with Crippen LogP contribution in [-0.2, 0) is 14.1 Å². The van der Waals surface area contributed by atoms with Crippen LogP contribution in [0.25, 0.3) is 6.08 Å². The summed E-state index contributed by atoms with van der Waals surface area (Å²) in [5, 5.41) is 0.0376. The van der Waals surface area contributed by atoms with Gasteiger partial charge < -0.3 is 14.3 Å². The lowest BCUT2D eigenvalue weighted by atomic mass is 9.78. The molecule has 7 heteroatoms. The van der Waals surface area contributed by atoms with Crippen molar-refractivity contribution < 1.29 is 14.1 Å². The van der Waals surface area contributed by atoms with Crippen molar-refractivity contribution in [2.45, 2.75) is 52.7 Å². The maximum Gasteiger partial charge on any atom is 0.491 e. The maximum absolute atomic E-state index is 11.4. The van der Waals surface area contributed by atoms with Gasteiger partial charge in [-0.05, 0) is 51.2 Å². The van der Waals surface area contributed by atoms with Crippen molar-refractivity contribution in [1.29, 1.82) is 0 Å². The molecule has 2 rings (SSSR count). The number of H-pyrrole nitrogens is 1. The van der Waals surface area contributed by atoms with E-state index in [-0.39, 0.29) is 10.7 Å². The van der Waals surface area contributed by atoms with E-state index in [1.807, 2.05) is 40.7 Å². The second-order valence-corrected chi connectivity index (χ2v) is 8.18. The molecule has 0 amide bonds. The number of thioether (sulfide) groups is 1. The van der Waals surface area contributed by atoms with Gasteiger partial charge in [-0.2, -0.15) is 0 Å². The number of carbonyl (C=O) groups excluding carboxylic acids is 1. The number of aryl methyl sites for hydroxylation is 1. The maximum atomic E-state index is 11.4. The number of hydrogen-bond donors (Lipinski definition) is 1. The Balaban J connectivity index is 2.37. The van der Waals surface area contributed by atoms with Gasteiger partial charge in [-0.25, -0.2) is 0 Å². The van der Waals surface area contributed by atoms with Crippen LogP contribution in [0.15, 0.2) is 22.5 Å². The monoisotopic (exact) mass is 349 g/mol. The predicted molar refractivity (Wildman–Crippen MR) is 99.0 cm³/mol. The first-order valence-corrected chi connectivity index (χ1v) is 8.89. The molecule has 1 aromatic heterocycles. The highest BCUT2D eigenvalue weighted by Crippen LogP contribution is 2.39. The van der Waals surface area contributed by atoms with Crippen LogP contribution in [0.1, 0.15) is 45.7 Å². The van der Waals surface area contributed by atoms with Gasteiger partial charge in [0.05, 0.1) is 11.2 Å². The van der Waals surface area contributed by atoms with Gasteiger partial charge in [-0.15, -0.1) is 0 Å². The van der Waals surface area contributed by atoms with E-state index in [2.05, 4.69) is 4.98 Å². The molecule has 0 spiro atoms. The normalized spacial score (nSPS) is 19.6. The van der Waals surface area contributed by atoms with Crippen LogP contribution < -0.4 is 5.56 Å². The largest absolute Gasteiger partial charge is 0.491 e. The van der Waals surface area contributed by atoms with Gasteiger partial charge in [0, 0.05) is 24.9 Å². The Hall–Kier alpha value is -1.31. The second kappa shape index (κ2) is 6.90. The summed E-state index contributed by atoms with van der Waals surface area (Å²) in [6.07, 6.45) is 3.60. The van der Waals surface area contributed by atoms with E-state index < -0.39 is 18.3 Å². The van der Waals surface area contributed by atoms with Crippen molar-refractivity contribution in [3.8, 4) is 0 Å². The average molecular weight is 349 g/mol. The minimum absolute atomic E-state index is 0.0376. The van der Waals surface area contributed by atoms with Gasteiger partial charge in [0.1, 0.15) is 0 Å². The number of carbonyl (C=O) groups is 1. The number of hydrogen-bond acceptors (Lipinski definition) is 5. The van der Waals surface area contributed by atoms with E-state index >= 15 is 0 Å². The first-order valence-electron chi connectivity index (χ1n) is 7.90. The number of aromatic amines is 1. The fourth-order valence-electron chi connectivity index (χ4n) is 2.30. The highest BCUT2D eigenvalue weighted by molar-refractivity contribution is 8.13. The lowest BCUT2D eigenvalue weighted by molar-refractivity contribution is -0.109. The van der Waals surface area contributed by atoms with Gasteiger partial charge in [-0.1, -0.05) is 17.8 Å². The molecule has 1 aliphatic rings. The molecule has 5 nitrogen and oxygen atoms in total. The van der Waals surface area contributed by atoms with Crippen LogP contribution in [0.2, 0.25) is 0 Å². The zero-order chi connectivity index (χ0) is 18.1. The molecule has 0 unspecified atom stereocenters. The minimum Gasteiger partial charge on any atom is -0.400 e. The van der Waals surface area contributed by atoms with Gasteiger partial charge >= 0.3 is 7.12 Å². The van der Waals surface area contributed by atoms with E-state index in [1.165, 1.54) is 18.7 Å². The average Bonchev–Trinajstić information content (AvgIpc) is 2.65. The SMILES string of the molecule is CC(=O)SCC(=Cc1c[nH]c(=O)cc1C)B1OC(C)(C)C(C)(C)O1. The summed E-state index contributed by atoms with van der Waals surface area (Å²) in [4.78, 5) is 25.5. The summed E-state index contributed by atoms with van der Waals surface area (Å²) >= 11 is 1.22. The summed E-state index contributed by atoms with van der Waals surface area (Å²) in [6, 6.07) is 1.55. The number of rotatable bonds is 4. The molecule has 0 aromatic carbocycles. The number of aromatic nitrogens is 1. The third kappa shape index (κ3) is 4.20. The van der Waals surface area contributed by atoms with E-state index in [1.54, 1.807) is 12.3 Å². The number of nitrogens with one attached hydrogen (secondary N) is 1. The Morgan fingerprint density at radius 3 is 2.38 bits per heavy atom. The van der Waals surface area contributed by atoms with Crippen molar-refractivity contribution in [3.63, 3.8) is 0 Å². The number of pyridine rings is 1. The highest BCUT2D eigenvalue weighted by atomic mass is 32.2. The van der Waals surface area contributed by atoms with Crippen LogP contribution in [0.3, 0.4) is 0 Å². The molecule has 0 atom stereocenters. The Bertz CT molecular complexity index is 708. The van der Waals surface area contributed by atoms with Crippen LogP contribution in [-0.4, -0.2) is 34.2 Å². The molecule has 1 aliphatic heterocycles. The first kappa shape index (κ1) is 19.0. The van der Waals surface area contributed by atoms with E-state index in [9.17, 15) is 9.59 Å². The smallest absolute Gasteiger partial charge is 0.400 e. The second-order valence-electron chi connectivity index (χ2n) is 7.02. The Morgan fingerprint density at radius 2 is 1.88 bits per heavy atom. The summed E-state index contributed by atoms with van der Waals surface area (Å²) in [5.41, 5.74) is 1.57. The first-order chi connectivity index (χ1) is 11.0. The summed E-state index contributed by atoms with van der Waals surface area (Å²) < 4.78 is 12.2. The van der Waals surface area contributed by atoms with Crippen molar-refractivity contribution in [1.82, 2.24) is 4.98 Å². The lowest BCUT2D eigenvalue weighted by Gasteiger charge is -2.32. The van der Waals surface area contributed by atoms with Crippen molar-refractivity contribution in [2.75, 3.05) is 5.75 Å². The molecule has 2 heterocycles. The third-order valence-corrected chi connectivity index (χ3v) is 5.40. The third-order valence-electron chi connectivity index (χ3n) is 4.51. The fraction of sp³-hybridized carbons (Fsp3) is 0.529. The van der Waals surface area contributed by atoms with Crippen molar-refractivity contribution >= 4 is 30.1 Å². The zero-order valence-corrected chi connectivity index (χ0v) is 15.9. The Morgan fingerprint density at radius 1 is 1.29 bits per heavy atom. The zero-order valence-electron chi connectivity index (χ0n) is 15.1. The standard InChI is InChI=1S/C17H24BNO4S/c1-11-7-15(21)19-9-13(11)8-14(10-24-12(2)20)18-22-16(3,4)17(5,6)23-18/h7-9H,10H2,1-6H3,(H,19,21). The van der Waals surface area contributed by atoms with Crippen LogP contribution in [0.5, 0.6) is 0 Å². The minimum atomic E-state index is -0.520.